The number of nitrogens with one attached hydrogen (secondary N) is 1. The fourth-order valence-electron chi connectivity index (χ4n) is 2.30. The van der Waals surface area contributed by atoms with Crippen LogP contribution in [0, 0.1) is 5.82 Å². The van der Waals surface area contributed by atoms with Gasteiger partial charge in [-0.1, -0.05) is 24.3 Å². The number of halogens is 1. The van der Waals surface area contributed by atoms with Crippen molar-refractivity contribution in [1.29, 1.82) is 0 Å². The van der Waals surface area contributed by atoms with E-state index >= 15 is 0 Å². The number of carboxylic acids is 1. The maximum Gasteiger partial charge on any atom is 0.309 e. The topological polar surface area (TPSA) is 62.2 Å². The van der Waals surface area contributed by atoms with Gasteiger partial charge in [0.25, 0.3) is 0 Å². The highest BCUT2D eigenvalue weighted by Gasteiger charge is 2.09. The Bertz CT molecular complexity index is 849. The van der Waals surface area contributed by atoms with E-state index in [1.165, 1.54) is 12.1 Å². The van der Waals surface area contributed by atoms with Crippen LogP contribution in [-0.4, -0.2) is 16.1 Å². The number of para-hydroxylation sites is 1. The van der Waals surface area contributed by atoms with Crippen LogP contribution in [0.2, 0.25) is 0 Å². The minimum atomic E-state index is -0.945. The van der Waals surface area contributed by atoms with Crippen molar-refractivity contribution in [2.45, 2.75) is 6.42 Å². The molecule has 5 heteroatoms. The number of anilines is 2. The Morgan fingerprint density at radius 2 is 1.95 bits per heavy atom. The summed E-state index contributed by atoms with van der Waals surface area (Å²) in [5.74, 6) is -1.28. The Kier molecular flexibility index (Phi) is 3.70. The summed E-state index contributed by atoms with van der Waals surface area (Å²) in [6.45, 7) is 0. The van der Waals surface area contributed by atoms with E-state index in [0.29, 0.717) is 22.6 Å². The van der Waals surface area contributed by atoms with Gasteiger partial charge in [0.05, 0.1) is 17.6 Å². The molecular formula is C17H13FN2O2. The highest BCUT2D eigenvalue weighted by atomic mass is 19.1. The molecule has 1 aromatic heterocycles. The minimum Gasteiger partial charge on any atom is -0.481 e. The number of nitrogens with zero attached hydrogens (tertiary/aromatic N) is 1. The Labute approximate surface area is 126 Å². The molecule has 2 aromatic carbocycles. The summed E-state index contributed by atoms with van der Waals surface area (Å²) in [6, 6.07) is 15.2. The van der Waals surface area contributed by atoms with E-state index in [0.717, 1.165) is 5.39 Å². The largest absolute Gasteiger partial charge is 0.481 e. The molecule has 0 aliphatic heterocycles. The molecule has 0 fully saturated rings. The van der Waals surface area contributed by atoms with Crippen LogP contribution in [0.25, 0.3) is 10.9 Å². The average molecular weight is 296 g/mol. The lowest BCUT2D eigenvalue weighted by molar-refractivity contribution is -0.136. The zero-order valence-corrected chi connectivity index (χ0v) is 11.6. The molecule has 0 aliphatic carbocycles. The van der Waals surface area contributed by atoms with E-state index in [1.807, 2.05) is 24.3 Å². The Morgan fingerprint density at radius 3 is 2.73 bits per heavy atom. The molecule has 3 aromatic rings. The van der Waals surface area contributed by atoms with Crippen LogP contribution in [0.3, 0.4) is 0 Å². The fraction of sp³-hybridized carbons (Fsp3) is 0.0588. The third-order valence-corrected chi connectivity index (χ3v) is 3.21. The van der Waals surface area contributed by atoms with E-state index in [2.05, 4.69) is 10.3 Å². The zero-order valence-electron chi connectivity index (χ0n) is 11.6. The molecule has 110 valence electrons. The van der Waals surface area contributed by atoms with Crippen molar-refractivity contribution in [3.05, 3.63) is 66.1 Å². The number of carboxylic acid groups (broad SMARTS) is 1. The lowest BCUT2D eigenvalue weighted by Crippen LogP contribution is -2.04. The number of fused-ring (bicyclic) bond motifs is 1. The second-order valence-corrected chi connectivity index (χ2v) is 4.88. The van der Waals surface area contributed by atoms with Crippen LogP contribution in [0.5, 0.6) is 0 Å². The third-order valence-electron chi connectivity index (χ3n) is 3.21. The van der Waals surface area contributed by atoms with Crippen LogP contribution in [0.15, 0.2) is 54.6 Å². The molecule has 0 aliphatic rings. The second kappa shape index (κ2) is 5.81. The van der Waals surface area contributed by atoms with Gasteiger partial charge in [-0.05, 0) is 30.3 Å². The maximum absolute atomic E-state index is 13.3. The van der Waals surface area contributed by atoms with Crippen molar-refractivity contribution in [2.75, 3.05) is 5.32 Å². The third kappa shape index (κ3) is 3.03. The number of benzene rings is 2. The summed E-state index contributed by atoms with van der Waals surface area (Å²) in [7, 11) is 0. The highest BCUT2D eigenvalue weighted by Crippen LogP contribution is 2.27. The van der Waals surface area contributed by atoms with Crippen molar-refractivity contribution >= 4 is 28.2 Å². The number of aromatic nitrogens is 1. The van der Waals surface area contributed by atoms with Gasteiger partial charge in [-0.2, -0.15) is 0 Å². The molecule has 2 N–H and O–H groups in total. The summed E-state index contributed by atoms with van der Waals surface area (Å²) in [5, 5.41) is 12.9. The van der Waals surface area contributed by atoms with Gasteiger partial charge in [0.1, 0.15) is 5.82 Å². The van der Waals surface area contributed by atoms with Crippen LogP contribution in [0.4, 0.5) is 15.8 Å². The summed E-state index contributed by atoms with van der Waals surface area (Å²) in [4.78, 5) is 15.2. The van der Waals surface area contributed by atoms with Gasteiger partial charge in [0.2, 0.25) is 0 Å². The van der Waals surface area contributed by atoms with Crippen molar-refractivity contribution < 1.29 is 14.3 Å². The molecule has 0 atom stereocenters. The van der Waals surface area contributed by atoms with Gasteiger partial charge < -0.3 is 10.4 Å². The number of carbonyl (C=O) groups is 1. The predicted octanol–water partition coefficient (Wildman–Crippen LogP) is 3.74. The van der Waals surface area contributed by atoms with Crippen molar-refractivity contribution in [1.82, 2.24) is 4.98 Å². The molecule has 0 radical (unpaired) electrons. The highest BCUT2D eigenvalue weighted by molar-refractivity contribution is 5.93. The van der Waals surface area contributed by atoms with E-state index in [9.17, 15) is 9.18 Å². The Balaban J connectivity index is 2.07. The molecule has 0 unspecified atom stereocenters. The number of aliphatic carboxylic acids is 1. The van der Waals surface area contributed by atoms with Crippen LogP contribution in [0.1, 0.15) is 5.69 Å². The molecule has 3 rings (SSSR count). The molecule has 0 amide bonds. The SMILES string of the molecule is O=C(O)Cc1cc(Nc2cccc(F)c2)c2ccccc2n1. The molecule has 0 spiro atoms. The monoisotopic (exact) mass is 296 g/mol. The molecule has 22 heavy (non-hydrogen) atoms. The van der Waals surface area contributed by atoms with Gasteiger partial charge >= 0.3 is 5.97 Å². The van der Waals surface area contributed by atoms with Gasteiger partial charge in [0.15, 0.2) is 0 Å². The fourth-order valence-corrected chi connectivity index (χ4v) is 2.30. The van der Waals surface area contributed by atoms with Gasteiger partial charge in [-0.15, -0.1) is 0 Å². The molecular weight excluding hydrogens is 283 g/mol. The number of rotatable bonds is 4. The summed E-state index contributed by atoms with van der Waals surface area (Å²) >= 11 is 0. The first-order chi connectivity index (χ1) is 10.6. The summed E-state index contributed by atoms with van der Waals surface area (Å²) < 4.78 is 13.3. The van der Waals surface area contributed by atoms with E-state index < -0.39 is 5.97 Å². The quantitative estimate of drug-likeness (QED) is 0.770. The zero-order chi connectivity index (χ0) is 15.5. The van der Waals surface area contributed by atoms with Crippen LogP contribution in [-0.2, 0) is 11.2 Å². The first kappa shape index (κ1) is 14.0. The molecule has 1 heterocycles. The molecule has 0 bridgehead atoms. The average Bonchev–Trinajstić information content (AvgIpc) is 2.46. The summed E-state index contributed by atoms with van der Waals surface area (Å²) in [5.41, 5.74) is 2.44. The standard InChI is InChI=1S/C17H13FN2O2/c18-11-4-3-5-12(8-11)19-16-9-13(10-17(21)22)20-15-7-2-1-6-14(15)16/h1-9H,10H2,(H,19,20)(H,21,22). The molecule has 4 nitrogen and oxygen atoms in total. The number of hydrogen-bond donors (Lipinski definition) is 2. The minimum absolute atomic E-state index is 0.164. The molecule has 0 saturated heterocycles. The summed E-state index contributed by atoms with van der Waals surface area (Å²) in [6.07, 6.45) is -0.164. The van der Waals surface area contributed by atoms with Gasteiger partial charge in [-0.25, -0.2) is 4.39 Å². The number of hydrogen-bond acceptors (Lipinski definition) is 3. The molecule has 0 saturated carbocycles. The van der Waals surface area contributed by atoms with Crippen LogP contribution < -0.4 is 5.32 Å². The number of pyridine rings is 1. The normalized spacial score (nSPS) is 10.6. The maximum atomic E-state index is 13.3. The first-order valence-electron chi connectivity index (χ1n) is 6.75. The van der Waals surface area contributed by atoms with Gasteiger partial charge in [0, 0.05) is 16.8 Å². The smallest absolute Gasteiger partial charge is 0.309 e. The van der Waals surface area contributed by atoms with Crippen molar-refractivity contribution in [3.8, 4) is 0 Å². The van der Waals surface area contributed by atoms with Crippen molar-refractivity contribution in [3.63, 3.8) is 0 Å². The van der Waals surface area contributed by atoms with E-state index in [-0.39, 0.29) is 12.2 Å². The van der Waals surface area contributed by atoms with Crippen LogP contribution >= 0.6 is 0 Å². The van der Waals surface area contributed by atoms with Gasteiger partial charge in [-0.3, -0.25) is 9.78 Å². The predicted molar refractivity (Wildman–Crippen MR) is 82.8 cm³/mol. The second-order valence-electron chi connectivity index (χ2n) is 4.88. The first-order valence-corrected chi connectivity index (χ1v) is 6.75. The van der Waals surface area contributed by atoms with Crippen molar-refractivity contribution in [2.24, 2.45) is 0 Å². The lowest BCUT2D eigenvalue weighted by Gasteiger charge is -2.11. The van der Waals surface area contributed by atoms with E-state index in [1.54, 1.807) is 18.2 Å². The van der Waals surface area contributed by atoms with E-state index in [4.69, 9.17) is 5.11 Å². The Morgan fingerprint density at radius 1 is 1.14 bits per heavy atom. The Hall–Kier alpha value is -2.95. The lowest BCUT2D eigenvalue weighted by atomic mass is 10.1.